The summed E-state index contributed by atoms with van der Waals surface area (Å²) in [5.74, 6) is 0.327. The number of benzene rings is 1. The van der Waals surface area contributed by atoms with Crippen LogP contribution in [0.5, 0.6) is 5.75 Å². The molecule has 0 bridgehead atoms. The van der Waals surface area contributed by atoms with Crippen LogP contribution in [0.3, 0.4) is 0 Å². The Labute approximate surface area is 114 Å². The van der Waals surface area contributed by atoms with Gasteiger partial charge in [-0.2, -0.15) is 0 Å². The number of anilines is 1. The molecule has 0 heterocycles. The van der Waals surface area contributed by atoms with Crippen LogP contribution in [0, 0.1) is 5.82 Å². The molecule has 0 saturated heterocycles. The van der Waals surface area contributed by atoms with Crippen LogP contribution >= 0.6 is 0 Å². The summed E-state index contributed by atoms with van der Waals surface area (Å²) >= 11 is 0. The van der Waals surface area contributed by atoms with Crippen LogP contribution in [0.2, 0.25) is 0 Å². The summed E-state index contributed by atoms with van der Waals surface area (Å²) in [6.07, 6.45) is 4.67. The monoisotopic (exact) mass is 267 g/mol. The van der Waals surface area contributed by atoms with Crippen LogP contribution in [0.1, 0.15) is 32.6 Å². The van der Waals surface area contributed by atoms with Crippen LogP contribution < -0.4 is 10.1 Å². The number of hydrogen-bond acceptors (Lipinski definition) is 3. The minimum absolute atomic E-state index is 0.267. The predicted molar refractivity (Wildman–Crippen MR) is 74.2 cm³/mol. The van der Waals surface area contributed by atoms with E-state index in [0.717, 1.165) is 31.4 Å². The second kappa shape index (κ2) is 6.75. The highest BCUT2D eigenvalue weighted by Crippen LogP contribution is 2.29. The summed E-state index contributed by atoms with van der Waals surface area (Å²) in [7, 11) is 1.77. The molecule has 106 valence electrons. The Morgan fingerprint density at radius 3 is 2.63 bits per heavy atom. The zero-order valence-corrected chi connectivity index (χ0v) is 11.6. The van der Waals surface area contributed by atoms with Gasteiger partial charge in [-0.05, 0) is 44.7 Å². The van der Waals surface area contributed by atoms with Crippen LogP contribution in [0.15, 0.2) is 18.2 Å². The van der Waals surface area contributed by atoms with E-state index in [-0.39, 0.29) is 5.82 Å². The lowest BCUT2D eigenvalue weighted by atomic mass is 9.93. The number of rotatable bonds is 5. The average molecular weight is 267 g/mol. The first-order valence-electron chi connectivity index (χ1n) is 6.94. The third kappa shape index (κ3) is 3.83. The Morgan fingerprint density at radius 1 is 1.26 bits per heavy atom. The molecule has 0 unspecified atom stereocenters. The zero-order valence-electron chi connectivity index (χ0n) is 11.6. The first-order chi connectivity index (χ1) is 9.22. The van der Waals surface area contributed by atoms with E-state index in [9.17, 15) is 4.39 Å². The second-order valence-corrected chi connectivity index (χ2v) is 4.93. The maximum atomic E-state index is 13.2. The van der Waals surface area contributed by atoms with Crippen molar-refractivity contribution in [3.8, 4) is 5.75 Å². The largest absolute Gasteiger partial charge is 0.492 e. The van der Waals surface area contributed by atoms with Crippen molar-refractivity contribution in [2.75, 3.05) is 19.0 Å². The summed E-state index contributed by atoms with van der Waals surface area (Å²) < 4.78 is 24.1. The van der Waals surface area contributed by atoms with E-state index in [4.69, 9.17) is 9.47 Å². The van der Waals surface area contributed by atoms with Crippen LogP contribution in [-0.2, 0) is 4.74 Å². The molecule has 0 aliphatic heterocycles. The molecule has 2 rings (SSSR count). The van der Waals surface area contributed by atoms with Crippen molar-refractivity contribution in [3.05, 3.63) is 24.0 Å². The lowest BCUT2D eigenvalue weighted by Gasteiger charge is -2.29. The van der Waals surface area contributed by atoms with E-state index in [1.165, 1.54) is 12.1 Å². The molecule has 3 nitrogen and oxygen atoms in total. The molecule has 1 aliphatic rings. The fourth-order valence-corrected chi connectivity index (χ4v) is 2.55. The Morgan fingerprint density at radius 2 is 2.00 bits per heavy atom. The third-order valence-electron chi connectivity index (χ3n) is 3.61. The van der Waals surface area contributed by atoms with E-state index >= 15 is 0 Å². The lowest BCUT2D eigenvalue weighted by molar-refractivity contribution is 0.0681. The minimum atomic E-state index is -0.267. The second-order valence-electron chi connectivity index (χ2n) is 4.93. The maximum Gasteiger partial charge on any atom is 0.145 e. The predicted octanol–water partition coefficient (Wildman–Crippen LogP) is 3.59. The van der Waals surface area contributed by atoms with Crippen molar-refractivity contribution in [1.29, 1.82) is 0 Å². The van der Waals surface area contributed by atoms with Gasteiger partial charge in [0.15, 0.2) is 0 Å². The molecule has 0 aromatic heterocycles. The van der Waals surface area contributed by atoms with Crippen LogP contribution in [0.4, 0.5) is 10.1 Å². The summed E-state index contributed by atoms with van der Waals surface area (Å²) in [5.41, 5.74) is 0.879. The van der Waals surface area contributed by atoms with Gasteiger partial charge in [-0.25, -0.2) is 4.39 Å². The fourth-order valence-electron chi connectivity index (χ4n) is 2.55. The van der Waals surface area contributed by atoms with Gasteiger partial charge in [-0.15, -0.1) is 0 Å². The molecule has 19 heavy (non-hydrogen) atoms. The van der Waals surface area contributed by atoms with Crippen LogP contribution in [-0.4, -0.2) is 25.9 Å². The molecule has 0 amide bonds. The summed E-state index contributed by atoms with van der Waals surface area (Å²) in [6.45, 7) is 2.44. The average Bonchev–Trinajstić information content (AvgIpc) is 2.43. The maximum absolute atomic E-state index is 13.2. The highest BCUT2D eigenvalue weighted by Gasteiger charge is 2.21. The van der Waals surface area contributed by atoms with E-state index in [2.05, 4.69) is 5.32 Å². The zero-order chi connectivity index (χ0) is 13.7. The highest BCUT2D eigenvalue weighted by molar-refractivity contribution is 5.57. The molecule has 0 radical (unpaired) electrons. The summed E-state index contributed by atoms with van der Waals surface area (Å²) in [6, 6.07) is 5.07. The minimum Gasteiger partial charge on any atom is -0.492 e. The number of ether oxygens (including phenoxy) is 2. The standard InChI is InChI=1S/C15H22FNO2/c1-3-19-15-10-11(16)4-9-14(15)17-12-5-7-13(18-2)8-6-12/h4,9-10,12-13,17H,3,5-8H2,1-2H3. The van der Waals surface area contributed by atoms with E-state index in [1.54, 1.807) is 13.2 Å². The Balaban J connectivity index is 1.99. The van der Waals surface area contributed by atoms with Crippen LogP contribution in [0.25, 0.3) is 0 Å². The normalized spacial score (nSPS) is 23.1. The molecule has 1 aromatic carbocycles. The van der Waals surface area contributed by atoms with E-state index in [1.807, 2.05) is 6.92 Å². The molecule has 1 N–H and O–H groups in total. The molecule has 1 aliphatic carbocycles. The molecular formula is C15H22FNO2. The van der Waals surface area contributed by atoms with Crippen molar-refractivity contribution in [3.63, 3.8) is 0 Å². The van der Waals surface area contributed by atoms with Gasteiger partial charge in [0, 0.05) is 19.2 Å². The third-order valence-corrected chi connectivity index (χ3v) is 3.61. The molecule has 1 saturated carbocycles. The number of halogens is 1. The SMILES string of the molecule is CCOc1cc(F)ccc1NC1CCC(OC)CC1. The van der Waals surface area contributed by atoms with Gasteiger partial charge in [-0.3, -0.25) is 0 Å². The van der Waals surface area contributed by atoms with Gasteiger partial charge in [0.25, 0.3) is 0 Å². The quantitative estimate of drug-likeness (QED) is 0.884. The number of hydrogen-bond donors (Lipinski definition) is 1. The topological polar surface area (TPSA) is 30.5 Å². The smallest absolute Gasteiger partial charge is 0.145 e. The molecule has 0 atom stereocenters. The van der Waals surface area contributed by atoms with Crippen molar-refractivity contribution in [1.82, 2.24) is 0 Å². The van der Waals surface area contributed by atoms with Gasteiger partial charge in [0.05, 0.1) is 18.4 Å². The lowest BCUT2D eigenvalue weighted by Crippen LogP contribution is -2.29. The molecule has 1 fully saturated rings. The molecule has 0 spiro atoms. The first kappa shape index (κ1) is 14.1. The Bertz CT molecular complexity index is 403. The van der Waals surface area contributed by atoms with Gasteiger partial charge in [-0.1, -0.05) is 0 Å². The van der Waals surface area contributed by atoms with E-state index in [0.29, 0.717) is 24.5 Å². The fraction of sp³-hybridized carbons (Fsp3) is 0.600. The van der Waals surface area contributed by atoms with Gasteiger partial charge < -0.3 is 14.8 Å². The van der Waals surface area contributed by atoms with Crippen molar-refractivity contribution in [2.24, 2.45) is 0 Å². The Kier molecular flexibility index (Phi) is 5.02. The van der Waals surface area contributed by atoms with E-state index < -0.39 is 0 Å². The van der Waals surface area contributed by atoms with Crippen molar-refractivity contribution >= 4 is 5.69 Å². The van der Waals surface area contributed by atoms with Gasteiger partial charge in [0.1, 0.15) is 11.6 Å². The first-order valence-corrected chi connectivity index (χ1v) is 6.94. The van der Waals surface area contributed by atoms with Gasteiger partial charge in [0.2, 0.25) is 0 Å². The van der Waals surface area contributed by atoms with Gasteiger partial charge >= 0.3 is 0 Å². The molecule has 4 heteroatoms. The Hall–Kier alpha value is -1.29. The number of nitrogens with one attached hydrogen (secondary N) is 1. The molecular weight excluding hydrogens is 245 g/mol. The van der Waals surface area contributed by atoms with Crippen molar-refractivity contribution in [2.45, 2.75) is 44.8 Å². The number of methoxy groups -OCH3 is 1. The van der Waals surface area contributed by atoms with Crippen molar-refractivity contribution < 1.29 is 13.9 Å². The summed E-state index contributed by atoms with van der Waals surface area (Å²) in [5, 5.41) is 3.46. The molecule has 1 aromatic rings. The highest BCUT2D eigenvalue weighted by atomic mass is 19.1. The summed E-state index contributed by atoms with van der Waals surface area (Å²) in [4.78, 5) is 0.